The summed E-state index contributed by atoms with van der Waals surface area (Å²) in [6.45, 7) is 21.7. The molecule has 3 saturated heterocycles. The number of ether oxygens (including phenoxy) is 5. The van der Waals surface area contributed by atoms with E-state index in [1.165, 1.54) is 6.42 Å². The summed E-state index contributed by atoms with van der Waals surface area (Å²) in [7, 11) is 0. The molecule has 8 rings (SSSR count). The Morgan fingerprint density at radius 1 is 0.814 bits per heavy atom. The van der Waals surface area contributed by atoms with Crippen LogP contribution in [0.2, 0.25) is 0 Å². The molecule has 0 radical (unpaired) electrons. The first-order valence-corrected chi connectivity index (χ1v) is 22.6. The van der Waals surface area contributed by atoms with Crippen molar-refractivity contribution in [3.63, 3.8) is 0 Å². The van der Waals surface area contributed by atoms with Crippen molar-refractivity contribution in [1.82, 2.24) is 0 Å². The molecule has 3 heterocycles. The summed E-state index contributed by atoms with van der Waals surface area (Å²) in [5, 5.41) is 88.2. The highest BCUT2D eigenvalue weighted by molar-refractivity contribution is 5.33. The summed E-state index contributed by atoms with van der Waals surface area (Å²) in [6, 6.07) is 0. The van der Waals surface area contributed by atoms with Crippen molar-refractivity contribution >= 4 is 0 Å². The van der Waals surface area contributed by atoms with Gasteiger partial charge in [0.05, 0.1) is 44.2 Å². The number of aliphatic hydroxyl groups excluding tert-OH is 8. The van der Waals surface area contributed by atoms with Gasteiger partial charge in [-0.15, -0.1) is 0 Å². The molecule has 8 aliphatic rings. The fourth-order valence-electron chi connectivity index (χ4n) is 15.3. The highest BCUT2D eigenvalue weighted by Crippen LogP contribution is 2.80. The molecule has 3 aliphatic heterocycles. The second-order valence-corrected chi connectivity index (χ2v) is 22.7. The standard InChI is InChI=1S/C46H76O13/c1-23-17-39(23,4)18-29-44(9)25(3)55-22-46(29)16-12-28-40(5)14-13-31(41(6,21-48)27(40)11-15-42(28,7)43(46,8)19-30(44)49)59-45(10)37(54)36(32(50)24(2)58-45)57-38-35(53)34(52)33(51)26(20-47)56-38/h12,16,23-38,47-54H,11,13-15,17-22H2,1-10H3/t23?,24-,25+,26-,27-,28-,29-,30?,31+,32+,33-,34+,35-,36+,37-,38+,39-,40+,41+,42-,43+,44-,45+,46+/m1/s1. The van der Waals surface area contributed by atoms with Crippen LogP contribution in [-0.4, -0.2) is 140 Å². The van der Waals surface area contributed by atoms with E-state index in [1.807, 2.05) is 0 Å². The predicted molar refractivity (Wildman–Crippen MR) is 215 cm³/mol. The van der Waals surface area contributed by atoms with Gasteiger partial charge in [0, 0.05) is 16.2 Å². The van der Waals surface area contributed by atoms with Crippen LogP contribution in [0.15, 0.2) is 12.2 Å². The summed E-state index contributed by atoms with van der Waals surface area (Å²) in [5.74, 6) is -0.614. The number of hydrogen-bond donors (Lipinski definition) is 8. The van der Waals surface area contributed by atoms with Crippen molar-refractivity contribution in [3.8, 4) is 0 Å². The Labute approximate surface area is 350 Å². The molecule has 0 aromatic heterocycles. The van der Waals surface area contributed by atoms with Gasteiger partial charge in [-0.2, -0.15) is 0 Å². The van der Waals surface area contributed by atoms with Crippen molar-refractivity contribution in [2.75, 3.05) is 19.8 Å². The molecule has 59 heavy (non-hydrogen) atoms. The highest BCUT2D eigenvalue weighted by atomic mass is 16.7. The molecule has 13 heteroatoms. The Morgan fingerprint density at radius 2 is 1.49 bits per heavy atom. The molecule has 2 unspecified atom stereocenters. The third-order valence-electron chi connectivity index (χ3n) is 20.1. The number of hydrogen-bond acceptors (Lipinski definition) is 13. The van der Waals surface area contributed by atoms with Crippen molar-refractivity contribution in [1.29, 1.82) is 0 Å². The van der Waals surface area contributed by atoms with E-state index in [4.69, 9.17) is 23.7 Å². The second kappa shape index (κ2) is 14.4. The van der Waals surface area contributed by atoms with E-state index in [1.54, 1.807) is 13.8 Å². The van der Waals surface area contributed by atoms with Crippen molar-refractivity contribution < 1.29 is 64.5 Å². The largest absolute Gasteiger partial charge is 0.396 e. The van der Waals surface area contributed by atoms with Gasteiger partial charge >= 0.3 is 0 Å². The van der Waals surface area contributed by atoms with Gasteiger partial charge in [0.15, 0.2) is 12.1 Å². The molecule has 13 nitrogen and oxygen atoms in total. The van der Waals surface area contributed by atoms with Gasteiger partial charge in [-0.1, -0.05) is 60.6 Å². The predicted octanol–water partition coefficient (Wildman–Crippen LogP) is 3.05. The molecule has 0 aromatic carbocycles. The molecular weight excluding hydrogens is 760 g/mol. The average molecular weight is 837 g/mol. The van der Waals surface area contributed by atoms with Gasteiger partial charge in [0.2, 0.25) is 0 Å². The quantitative estimate of drug-likeness (QED) is 0.131. The zero-order valence-corrected chi connectivity index (χ0v) is 37.1. The first kappa shape index (κ1) is 44.8. The topological polar surface area (TPSA) is 208 Å². The van der Waals surface area contributed by atoms with Crippen LogP contribution in [0, 0.1) is 61.6 Å². The SMILES string of the molecule is CC1C[C@]1(C)C[C@@H]1[C@]2(C)C(O)C[C@]3(C)[C@@]1(C=C[C@@H]1[C@@]4(C)CC[C@H](O[C@]5(C)O[C@H](C)[C@H](O)[C@H](O[C@@H]6O[C@H](CO)[C@@H](O)[C@H](O)[C@H]6O)[C@H]5O)[C@@](C)(CO)[C@@H]4CC[C@]13C)CO[C@H]2C. The van der Waals surface area contributed by atoms with E-state index < -0.39 is 85.1 Å². The Morgan fingerprint density at radius 3 is 2.12 bits per heavy atom. The fraction of sp³-hybridized carbons (Fsp3) is 0.957. The van der Waals surface area contributed by atoms with E-state index >= 15 is 0 Å². The van der Waals surface area contributed by atoms with Crippen molar-refractivity contribution in [2.24, 2.45) is 61.6 Å². The van der Waals surface area contributed by atoms with Crippen LogP contribution < -0.4 is 0 Å². The van der Waals surface area contributed by atoms with Crippen LogP contribution in [0.5, 0.6) is 0 Å². The van der Waals surface area contributed by atoms with Crippen LogP contribution in [0.1, 0.15) is 114 Å². The van der Waals surface area contributed by atoms with E-state index in [0.29, 0.717) is 25.4 Å². The van der Waals surface area contributed by atoms with Crippen LogP contribution in [-0.2, 0) is 23.7 Å². The smallest absolute Gasteiger partial charge is 0.194 e. The molecule has 24 atom stereocenters. The van der Waals surface area contributed by atoms with Gasteiger partial charge < -0.3 is 64.5 Å². The van der Waals surface area contributed by atoms with Crippen molar-refractivity contribution in [2.45, 2.75) is 193 Å². The van der Waals surface area contributed by atoms with E-state index in [2.05, 4.69) is 67.5 Å². The van der Waals surface area contributed by atoms with Gasteiger partial charge in [0.25, 0.3) is 0 Å². The van der Waals surface area contributed by atoms with Gasteiger partial charge in [-0.25, -0.2) is 0 Å². The molecule has 338 valence electrons. The number of rotatable bonds is 8. The zero-order chi connectivity index (χ0) is 43.3. The highest BCUT2D eigenvalue weighted by Gasteiger charge is 2.77. The monoisotopic (exact) mass is 837 g/mol. The maximum atomic E-state index is 12.4. The molecule has 7 fully saturated rings. The molecule has 2 bridgehead atoms. The molecule has 5 aliphatic carbocycles. The van der Waals surface area contributed by atoms with Gasteiger partial charge in [-0.05, 0) is 111 Å². The van der Waals surface area contributed by atoms with Crippen LogP contribution >= 0.6 is 0 Å². The lowest BCUT2D eigenvalue weighted by molar-refractivity contribution is -0.401. The first-order chi connectivity index (χ1) is 27.4. The van der Waals surface area contributed by atoms with E-state index in [-0.39, 0.29) is 63.0 Å². The van der Waals surface area contributed by atoms with Crippen LogP contribution in [0.3, 0.4) is 0 Å². The summed E-state index contributed by atoms with van der Waals surface area (Å²) < 4.78 is 31.4. The lowest BCUT2D eigenvalue weighted by Crippen LogP contribution is -2.75. The Hall–Kier alpha value is -0.780. The first-order valence-electron chi connectivity index (χ1n) is 22.6. The van der Waals surface area contributed by atoms with Crippen LogP contribution in [0.4, 0.5) is 0 Å². The van der Waals surface area contributed by atoms with Crippen molar-refractivity contribution in [3.05, 3.63) is 12.2 Å². The lowest BCUT2D eigenvalue weighted by atomic mass is 9.29. The minimum atomic E-state index is -1.74. The molecule has 8 N–H and O–H groups in total. The number of allylic oxidation sites excluding steroid dienone is 1. The number of fused-ring (bicyclic) bond motifs is 5. The third-order valence-corrected chi connectivity index (χ3v) is 20.1. The Kier molecular flexibility index (Phi) is 10.9. The Balaban J connectivity index is 1.08. The minimum absolute atomic E-state index is 0.0241. The molecule has 4 saturated carbocycles. The van der Waals surface area contributed by atoms with Gasteiger partial charge in [0.1, 0.15) is 42.7 Å². The van der Waals surface area contributed by atoms with Crippen LogP contribution in [0.25, 0.3) is 0 Å². The molecule has 0 amide bonds. The van der Waals surface area contributed by atoms with Gasteiger partial charge in [-0.3, -0.25) is 0 Å². The maximum absolute atomic E-state index is 12.4. The summed E-state index contributed by atoms with van der Waals surface area (Å²) in [5.41, 5.74) is -1.76. The van der Waals surface area contributed by atoms with E-state index in [0.717, 1.165) is 25.7 Å². The molecule has 1 spiro atoms. The third kappa shape index (κ3) is 5.95. The fourth-order valence-corrected chi connectivity index (χ4v) is 15.3. The normalized spacial score (nSPS) is 61.9. The summed E-state index contributed by atoms with van der Waals surface area (Å²) in [4.78, 5) is 0. The molecule has 0 aromatic rings. The molecular formula is C46H76O13. The minimum Gasteiger partial charge on any atom is -0.396 e. The Bertz CT molecular complexity index is 1630. The number of aliphatic hydroxyl groups is 8. The lowest BCUT2D eigenvalue weighted by Gasteiger charge is -2.77. The summed E-state index contributed by atoms with van der Waals surface area (Å²) in [6.07, 6.45) is -3.14. The van der Waals surface area contributed by atoms with E-state index in [9.17, 15) is 40.9 Å². The second-order valence-electron chi connectivity index (χ2n) is 22.7. The summed E-state index contributed by atoms with van der Waals surface area (Å²) >= 11 is 0. The zero-order valence-electron chi connectivity index (χ0n) is 37.1. The maximum Gasteiger partial charge on any atom is 0.194 e. The average Bonchev–Trinajstić information content (AvgIpc) is 3.79.